The molecule has 1 atom stereocenters. The van der Waals surface area contributed by atoms with Crippen LogP contribution in [0.5, 0.6) is 0 Å². The molecular weight excluding hydrogens is 350 g/mol. The van der Waals surface area contributed by atoms with E-state index < -0.39 is 0 Å². The molecule has 6 nitrogen and oxygen atoms in total. The van der Waals surface area contributed by atoms with E-state index in [1.165, 1.54) is 0 Å². The van der Waals surface area contributed by atoms with Crippen LogP contribution in [-0.2, 0) is 0 Å². The van der Waals surface area contributed by atoms with Gasteiger partial charge < -0.3 is 14.9 Å². The van der Waals surface area contributed by atoms with Crippen molar-refractivity contribution in [3.05, 3.63) is 82.0 Å². The molecule has 3 aromatic heterocycles. The lowest BCUT2D eigenvalue weighted by Crippen LogP contribution is -2.20. The van der Waals surface area contributed by atoms with E-state index in [1.54, 1.807) is 18.3 Å². The normalized spacial score (nSPS) is 12.2. The first-order chi connectivity index (χ1) is 12.6. The van der Waals surface area contributed by atoms with Crippen molar-refractivity contribution < 1.29 is 0 Å². The van der Waals surface area contributed by atoms with Gasteiger partial charge in [0.05, 0.1) is 6.04 Å². The molecule has 0 radical (unpaired) electrons. The standard InChI is InChI=1S/C19H16ClN5O/c1-12(15-11-13-10-14(20)4-5-16(13)23-18(15)26)22-19-21-7-6-17(24-19)25-8-2-3-9-25/h2-12H,1H3,(H,23,26)(H,21,22,24)/t12-/m0/s1. The number of anilines is 1. The highest BCUT2D eigenvalue weighted by Crippen LogP contribution is 2.21. The summed E-state index contributed by atoms with van der Waals surface area (Å²) in [7, 11) is 0. The number of hydrogen-bond donors (Lipinski definition) is 2. The summed E-state index contributed by atoms with van der Waals surface area (Å²) in [6, 6.07) is 12.6. The second-order valence-corrected chi connectivity index (χ2v) is 6.42. The summed E-state index contributed by atoms with van der Waals surface area (Å²) in [5.41, 5.74) is 1.19. The molecule has 0 saturated carbocycles. The Morgan fingerprint density at radius 1 is 1.19 bits per heavy atom. The molecule has 0 bridgehead atoms. The largest absolute Gasteiger partial charge is 0.347 e. The fourth-order valence-corrected chi connectivity index (χ4v) is 3.02. The van der Waals surface area contributed by atoms with Crippen LogP contribution in [0.3, 0.4) is 0 Å². The van der Waals surface area contributed by atoms with E-state index >= 15 is 0 Å². The van der Waals surface area contributed by atoms with Gasteiger partial charge in [-0.3, -0.25) is 4.79 Å². The summed E-state index contributed by atoms with van der Waals surface area (Å²) < 4.78 is 1.89. The van der Waals surface area contributed by atoms with Gasteiger partial charge in [0.2, 0.25) is 5.95 Å². The average Bonchev–Trinajstić information content (AvgIpc) is 3.16. The van der Waals surface area contributed by atoms with Crippen LogP contribution in [0.1, 0.15) is 18.5 Å². The lowest BCUT2D eigenvalue weighted by atomic mass is 10.1. The Hall–Kier alpha value is -3.12. The number of nitrogens with zero attached hydrogens (tertiary/aromatic N) is 3. The minimum atomic E-state index is -0.276. The van der Waals surface area contributed by atoms with Crippen LogP contribution < -0.4 is 10.9 Å². The van der Waals surface area contributed by atoms with E-state index in [0.29, 0.717) is 16.5 Å². The van der Waals surface area contributed by atoms with Gasteiger partial charge in [0.15, 0.2) is 0 Å². The van der Waals surface area contributed by atoms with Crippen molar-refractivity contribution >= 4 is 28.5 Å². The number of aromatic amines is 1. The van der Waals surface area contributed by atoms with Gasteiger partial charge in [-0.05, 0) is 49.4 Å². The molecule has 4 aromatic rings. The van der Waals surface area contributed by atoms with Crippen molar-refractivity contribution in [1.29, 1.82) is 0 Å². The van der Waals surface area contributed by atoms with Crippen LogP contribution in [0.2, 0.25) is 5.02 Å². The third-order valence-corrected chi connectivity index (χ3v) is 4.39. The molecular formula is C19H16ClN5O. The van der Waals surface area contributed by atoms with E-state index in [9.17, 15) is 4.79 Å². The third kappa shape index (κ3) is 3.19. The maximum atomic E-state index is 12.4. The van der Waals surface area contributed by atoms with Crippen molar-refractivity contribution in [3.8, 4) is 5.82 Å². The zero-order chi connectivity index (χ0) is 18.1. The predicted octanol–water partition coefficient (Wildman–Crippen LogP) is 3.94. The minimum Gasteiger partial charge on any atom is -0.347 e. The van der Waals surface area contributed by atoms with Crippen molar-refractivity contribution in [1.82, 2.24) is 19.5 Å². The van der Waals surface area contributed by atoms with Gasteiger partial charge in [-0.15, -0.1) is 0 Å². The SMILES string of the molecule is C[C@H](Nc1nccc(-n2cccc2)n1)c1cc2cc(Cl)ccc2[nH]c1=O. The second kappa shape index (κ2) is 6.65. The molecule has 0 aliphatic carbocycles. The molecule has 0 amide bonds. The van der Waals surface area contributed by atoms with Gasteiger partial charge in [0, 0.05) is 40.1 Å². The third-order valence-electron chi connectivity index (χ3n) is 4.16. The van der Waals surface area contributed by atoms with Gasteiger partial charge in [0.25, 0.3) is 5.56 Å². The number of rotatable bonds is 4. The molecule has 3 heterocycles. The molecule has 7 heteroatoms. The van der Waals surface area contributed by atoms with E-state index in [1.807, 2.05) is 54.2 Å². The molecule has 1 aromatic carbocycles. The monoisotopic (exact) mass is 365 g/mol. The van der Waals surface area contributed by atoms with Crippen LogP contribution in [0, 0.1) is 0 Å². The first kappa shape index (κ1) is 16.4. The van der Waals surface area contributed by atoms with Gasteiger partial charge in [-0.1, -0.05) is 11.6 Å². The lowest BCUT2D eigenvalue weighted by molar-refractivity contribution is 0.839. The summed E-state index contributed by atoms with van der Waals surface area (Å²) in [6.07, 6.45) is 5.50. The zero-order valence-electron chi connectivity index (χ0n) is 14.0. The molecule has 0 aliphatic rings. The summed E-state index contributed by atoms with van der Waals surface area (Å²) in [4.78, 5) is 24.1. The van der Waals surface area contributed by atoms with Gasteiger partial charge in [-0.2, -0.15) is 4.98 Å². The summed E-state index contributed by atoms with van der Waals surface area (Å²) >= 11 is 6.06. The fourth-order valence-electron chi connectivity index (χ4n) is 2.84. The highest BCUT2D eigenvalue weighted by molar-refractivity contribution is 6.31. The summed E-state index contributed by atoms with van der Waals surface area (Å²) in [6.45, 7) is 1.90. The van der Waals surface area contributed by atoms with Gasteiger partial charge in [-0.25, -0.2) is 4.98 Å². The molecule has 0 unspecified atom stereocenters. The summed E-state index contributed by atoms with van der Waals surface area (Å²) in [5.74, 6) is 1.20. The van der Waals surface area contributed by atoms with Crippen molar-refractivity contribution in [3.63, 3.8) is 0 Å². The molecule has 0 aliphatic heterocycles. The van der Waals surface area contributed by atoms with E-state index in [0.717, 1.165) is 16.7 Å². The number of aromatic nitrogens is 4. The lowest BCUT2D eigenvalue weighted by Gasteiger charge is -2.15. The molecule has 0 fully saturated rings. The Morgan fingerprint density at radius 2 is 2.00 bits per heavy atom. The Labute approximate surface area is 154 Å². The van der Waals surface area contributed by atoms with Crippen LogP contribution in [0.15, 0.2) is 65.8 Å². The number of benzene rings is 1. The molecule has 26 heavy (non-hydrogen) atoms. The van der Waals surface area contributed by atoms with Crippen molar-refractivity contribution in [2.75, 3.05) is 5.32 Å². The molecule has 2 N–H and O–H groups in total. The number of hydrogen-bond acceptors (Lipinski definition) is 4. The minimum absolute atomic E-state index is 0.151. The van der Waals surface area contributed by atoms with Crippen LogP contribution in [0.25, 0.3) is 16.7 Å². The quantitative estimate of drug-likeness (QED) is 0.574. The second-order valence-electron chi connectivity index (χ2n) is 5.98. The van der Waals surface area contributed by atoms with Crippen molar-refractivity contribution in [2.45, 2.75) is 13.0 Å². The Morgan fingerprint density at radius 3 is 2.81 bits per heavy atom. The van der Waals surface area contributed by atoms with Gasteiger partial charge in [0.1, 0.15) is 5.82 Å². The molecule has 4 rings (SSSR count). The maximum Gasteiger partial charge on any atom is 0.253 e. The first-order valence-electron chi connectivity index (χ1n) is 8.15. The number of pyridine rings is 1. The maximum absolute atomic E-state index is 12.4. The molecule has 0 saturated heterocycles. The number of H-pyrrole nitrogens is 1. The van der Waals surface area contributed by atoms with E-state index in [-0.39, 0.29) is 11.6 Å². The Bertz CT molecular complexity index is 1120. The number of halogens is 1. The highest BCUT2D eigenvalue weighted by Gasteiger charge is 2.13. The highest BCUT2D eigenvalue weighted by atomic mass is 35.5. The summed E-state index contributed by atoms with van der Waals surface area (Å²) in [5, 5.41) is 4.69. The Kier molecular flexibility index (Phi) is 4.18. The molecule has 0 spiro atoms. The average molecular weight is 366 g/mol. The topological polar surface area (TPSA) is 75.6 Å². The molecule has 130 valence electrons. The first-order valence-corrected chi connectivity index (χ1v) is 8.53. The number of nitrogens with one attached hydrogen (secondary N) is 2. The van der Waals surface area contributed by atoms with Crippen LogP contribution >= 0.6 is 11.6 Å². The zero-order valence-corrected chi connectivity index (χ0v) is 14.7. The van der Waals surface area contributed by atoms with Crippen molar-refractivity contribution in [2.24, 2.45) is 0 Å². The number of fused-ring (bicyclic) bond motifs is 1. The predicted molar refractivity (Wildman–Crippen MR) is 103 cm³/mol. The Balaban J connectivity index is 1.65. The smallest absolute Gasteiger partial charge is 0.253 e. The van der Waals surface area contributed by atoms with Crippen LogP contribution in [-0.4, -0.2) is 19.5 Å². The van der Waals surface area contributed by atoms with E-state index in [4.69, 9.17) is 11.6 Å². The fraction of sp³-hybridized carbons (Fsp3) is 0.105. The van der Waals surface area contributed by atoms with E-state index in [2.05, 4.69) is 20.3 Å². The van der Waals surface area contributed by atoms with Gasteiger partial charge >= 0.3 is 0 Å². The van der Waals surface area contributed by atoms with Crippen LogP contribution in [0.4, 0.5) is 5.95 Å².